The fraction of sp³-hybridized carbons (Fsp3) is 0.929. The summed E-state index contributed by atoms with van der Waals surface area (Å²) in [4.78, 5) is 14.4. The number of likely N-dealkylation sites (N-methyl/N-ethyl adjacent to an activating group) is 1. The number of Topliss-reactive ketones (excluding diaryl/α,β-unsaturated/α-hetero) is 1. The first-order chi connectivity index (χ1) is 7.91. The highest BCUT2D eigenvalue weighted by molar-refractivity contribution is 5.85. The van der Waals surface area contributed by atoms with E-state index in [1.165, 1.54) is 0 Å². The van der Waals surface area contributed by atoms with Crippen LogP contribution in [-0.4, -0.2) is 43.4 Å². The Hall–Kier alpha value is -0.410. The minimum Gasteiger partial charge on any atom is -0.320 e. The fourth-order valence-electron chi connectivity index (χ4n) is 1.93. The summed E-state index contributed by atoms with van der Waals surface area (Å²) in [5.41, 5.74) is 0. The second kappa shape index (κ2) is 8.65. The van der Waals surface area contributed by atoms with Crippen LogP contribution < -0.4 is 5.32 Å². The zero-order valence-corrected chi connectivity index (χ0v) is 12.4. The lowest BCUT2D eigenvalue weighted by Gasteiger charge is -2.31. The average Bonchev–Trinajstić information content (AvgIpc) is 2.27. The van der Waals surface area contributed by atoms with Gasteiger partial charge in [-0.2, -0.15) is 0 Å². The molecule has 0 aromatic rings. The Labute approximate surface area is 107 Å². The van der Waals surface area contributed by atoms with Crippen LogP contribution in [0, 0.1) is 5.92 Å². The van der Waals surface area contributed by atoms with Crippen LogP contribution in [0.4, 0.5) is 0 Å². The van der Waals surface area contributed by atoms with Crippen LogP contribution in [0.25, 0.3) is 0 Å². The van der Waals surface area contributed by atoms with E-state index >= 15 is 0 Å². The number of unbranched alkanes of at least 4 members (excludes halogenated alkanes) is 1. The Bertz CT molecular complexity index is 214. The lowest BCUT2D eigenvalue weighted by Crippen LogP contribution is -2.44. The van der Waals surface area contributed by atoms with Gasteiger partial charge in [0, 0.05) is 12.0 Å². The van der Waals surface area contributed by atoms with Crippen molar-refractivity contribution in [3.8, 4) is 0 Å². The third-order valence-corrected chi connectivity index (χ3v) is 3.36. The zero-order chi connectivity index (χ0) is 13.4. The summed E-state index contributed by atoms with van der Waals surface area (Å²) in [6, 6.07) is 0.513. The Kier molecular flexibility index (Phi) is 8.44. The first-order valence-corrected chi connectivity index (χ1v) is 6.82. The lowest BCUT2D eigenvalue weighted by atomic mass is 9.95. The van der Waals surface area contributed by atoms with E-state index in [1.54, 1.807) is 0 Å². The largest absolute Gasteiger partial charge is 0.320 e. The molecule has 1 unspecified atom stereocenters. The van der Waals surface area contributed by atoms with Crippen LogP contribution in [-0.2, 0) is 4.79 Å². The predicted octanol–water partition coefficient (Wildman–Crippen LogP) is 2.31. The van der Waals surface area contributed by atoms with Crippen LogP contribution >= 0.6 is 0 Å². The van der Waals surface area contributed by atoms with Crippen molar-refractivity contribution in [2.24, 2.45) is 5.92 Å². The number of nitrogens with one attached hydrogen (secondary N) is 1. The average molecular weight is 242 g/mol. The van der Waals surface area contributed by atoms with Gasteiger partial charge in [-0.25, -0.2) is 0 Å². The molecule has 3 nitrogen and oxygen atoms in total. The number of ketones is 1. The molecule has 1 atom stereocenters. The molecule has 0 aromatic heterocycles. The molecule has 0 heterocycles. The molecule has 1 N–H and O–H groups in total. The van der Waals surface area contributed by atoms with Crippen molar-refractivity contribution >= 4 is 5.78 Å². The fourth-order valence-corrected chi connectivity index (χ4v) is 1.93. The molecule has 0 aromatic carbocycles. The second-order valence-electron chi connectivity index (χ2n) is 5.43. The van der Waals surface area contributed by atoms with Crippen molar-refractivity contribution in [1.29, 1.82) is 0 Å². The van der Waals surface area contributed by atoms with Crippen LogP contribution in [0.5, 0.6) is 0 Å². The van der Waals surface area contributed by atoms with Crippen molar-refractivity contribution in [3.05, 3.63) is 0 Å². The van der Waals surface area contributed by atoms with Gasteiger partial charge in [0.25, 0.3) is 0 Å². The van der Waals surface area contributed by atoms with Gasteiger partial charge >= 0.3 is 0 Å². The number of hydrogen-bond donors (Lipinski definition) is 1. The Morgan fingerprint density at radius 1 is 1.18 bits per heavy atom. The molecular formula is C14H30N2O. The zero-order valence-electron chi connectivity index (χ0n) is 12.4. The summed E-state index contributed by atoms with van der Waals surface area (Å²) in [5.74, 6) is 0.510. The Morgan fingerprint density at radius 2 is 1.76 bits per heavy atom. The summed E-state index contributed by atoms with van der Waals surface area (Å²) >= 11 is 0. The van der Waals surface area contributed by atoms with Crippen molar-refractivity contribution in [3.63, 3.8) is 0 Å². The molecule has 0 amide bonds. The minimum atomic E-state index is 0.0897. The number of carbonyl (C=O) groups is 1. The summed E-state index contributed by atoms with van der Waals surface area (Å²) in [6.45, 7) is 9.32. The maximum absolute atomic E-state index is 12.2. The van der Waals surface area contributed by atoms with Crippen molar-refractivity contribution in [2.75, 3.05) is 20.6 Å². The van der Waals surface area contributed by atoms with Crippen LogP contribution in [0.1, 0.15) is 47.0 Å². The molecule has 0 saturated heterocycles. The number of carbonyl (C=O) groups excluding carboxylic acids is 1. The highest BCUT2D eigenvalue weighted by Crippen LogP contribution is 2.15. The van der Waals surface area contributed by atoms with Crippen molar-refractivity contribution in [2.45, 2.75) is 59.0 Å². The van der Waals surface area contributed by atoms with E-state index in [4.69, 9.17) is 0 Å². The molecule has 0 fully saturated rings. The first-order valence-electron chi connectivity index (χ1n) is 6.82. The van der Waals surface area contributed by atoms with E-state index in [2.05, 4.69) is 31.1 Å². The third kappa shape index (κ3) is 6.18. The van der Waals surface area contributed by atoms with E-state index in [0.717, 1.165) is 25.8 Å². The Morgan fingerprint density at radius 3 is 2.18 bits per heavy atom. The van der Waals surface area contributed by atoms with Gasteiger partial charge in [-0.3, -0.25) is 9.69 Å². The molecule has 3 heteroatoms. The molecule has 0 rings (SSSR count). The van der Waals surface area contributed by atoms with E-state index in [0.29, 0.717) is 11.8 Å². The van der Waals surface area contributed by atoms with Gasteiger partial charge in [-0.15, -0.1) is 0 Å². The highest BCUT2D eigenvalue weighted by atomic mass is 16.1. The lowest BCUT2D eigenvalue weighted by molar-refractivity contribution is -0.127. The van der Waals surface area contributed by atoms with Crippen molar-refractivity contribution < 1.29 is 4.79 Å². The van der Waals surface area contributed by atoms with Gasteiger partial charge in [0.1, 0.15) is 0 Å². The van der Waals surface area contributed by atoms with Gasteiger partial charge < -0.3 is 5.32 Å². The van der Waals surface area contributed by atoms with E-state index in [1.807, 2.05) is 20.9 Å². The third-order valence-electron chi connectivity index (χ3n) is 3.36. The van der Waals surface area contributed by atoms with Gasteiger partial charge in [-0.05, 0) is 47.3 Å². The monoisotopic (exact) mass is 242 g/mol. The smallest absolute Gasteiger partial charge is 0.152 e. The molecule has 0 spiro atoms. The molecule has 0 aliphatic carbocycles. The van der Waals surface area contributed by atoms with Crippen LogP contribution in [0.2, 0.25) is 0 Å². The first kappa shape index (κ1) is 16.6. The van der Waals surface area contributed by atoms with Gasteiger partial charge in [0.2, 0.25) is 0 Å². The van der Waals surface area contributed by atoms with Crippen LogP contribution in [0.15, 0.2) is 0 Å². The summed E-state index contributed by atoms with van der Waals surface area (Å²) in [6.07, 6.45) is 3.23. The van der Waals surface area contributed by atoms with Crippen molar-refractivity contribution in [1.82, 2.24) is 10.2 Å². The maximum Gasteiger partial charge on any atom is 0.152 e. The topological polar surface area (TPSA) is 32.3 Å². The van der Waals surface area contributed by atoms with Crippen LogP contribution in [0.3, 0.4) is 0 Å². The van der Waals surface area contributed by atoms with E-state index in [9.17, 15) is 4.79 Å². The van der Waals surface area contributed by atoms with Gasteiger partial charge in [-0.1, -0.05) is 20.3 Å². The predicted molar refractivity (Wildman–Crippen MR) is 74.3 cm³/mol. The highest BCUT2D eigenvalue weighted by Gasteiger charge is 2.26. The second-order valence-corrected chi connectivity index (χ2v) is 5.43. The maximum atomic E-state index is 12.2. The molecule has 0 radical (unpaired) electrons. The molecule has 0 aliphatic heterocycles. The quantitative estimate of drug-likeness (QED) is 0.630. The minimum absolute atomic E-state index is 0.0897. The summed E-state index contributed by atoms with van der Waals surface area (Å²) in [7, 11) is 4.03. The van der Waals surface area contributed by atoms with Gasteiger partial charge in [0.15, 0.2) is 5.78 Å². The van der Waals surface area contributed by atoms with Gasteiger partial charge in [0.05, 0.1) is 6.04 Å². The molecule has 0 saturated carbocycles. The number of hydrogen-bond acceptors (Lipinski definition) is 3. The van der Waals surface area contributed by atoms with E-state index in [-0.39, 0.29) is 12.0 Å². The SMILES string of the molecule is CNCCCCC(C(=O)C(C)C)N(C)C(C)C. The number of nitrogens with zero attached hydrogens (tertiary/aromatic N) is 1. The summed E-state index contributed by atoms with van der Waals surface area (Å²) in [5, 5.41) is 3.15. The molecule has 17 heavy (non-hydrogen) atoms. The molecule has 0 aliphatic rings. The summed E-state index contributed by atoms with van der Waals surface area (Å²) < 4.78 is 0. The number of rotatable bonds is 9. The normalized spacial score (nSPS) is 13.7. The molecule has 102 valence electrons. The Balaban J connectivity index is 4.36. The molecule has 0 bridgehead atoms. The standard InChI is InChI=1S/C14H30N2O/c1-11(2)14(17)13(16(6)12(3)4)9-7-8-10-15-5/h11-13,15H,7-10H2,1-6H3. The van der Waals surface area contributed by atoms with E-state index < -0.39 is 0 Å². The molecular weight excluding hydrogens is 212 g/mol.